The van der Waals surface area contributed by atoms with Gasteiger partial charge in [-0.05, 0) is 17.7 Å². The second-order valence-electron chi connectivity index (χ2n) is 6.02. The molecule has 0 saturated carbocycles. The van der Waals surface area contributed by atoms with Crippen LogP contribution in [0, 0.1) is 0 Å². The molecule has 8 heteroatoms. The van der Waals surface area contributed by atoms with Crippen LogP contribution in [0.15, 0.2) is 29.3 Å². The molecule has 0 amide bonds. The summed E-state index contributed by atoms with van der Waals surface area (Å²) in [6.45, 7) is 6.91. The van der Waals surface area contributed by atoms with Gasteiger partial charge >= 0.3 is 0 Å². The third-order valence-electron chi connectivity index (χ3n) is 4.48. The summed E-state index contributed by atoms with van der Waals surface area (Å²) < 4.78 is 10.8. The lowest BCUT2D eigenvalue weighted by Crippen LogP contribution is -2.45. The van der Waals surface area contributed by atoms with Crippen molar-refractivity contribution in [3.63, 3.8) is 0 Å². The van der Waals surface area contributed by atoms with E-state index in [0.29, 0.717) is 25.7 Å². The summed E-state index contributed by atoms with van der Waals surface area (Å²) in [6, 6.07) is 8.16. The quantitative estimate of drug-likeness (QED) is 0.406. The predicted octanol–water partition coefficient (Wildman–Crippen LogP) is 1.98. The summed E-state index contributed by atoms with van der Waals surface area (Å²) >= 11 is 6.19. The van der Waals surface area contributed by atoms with Gasteiger partial charge in [0.15, 0.2) is 5.96 Å². The number of aliphatic imine (C=N–C) groups is 1. The summed E-state index contributed by atoms with van der Waals surface area (Å²) in [6.07, 6.45) is 0. The first kappa shape index (κ1) is 20.7. The number of nitrogens with zero attached hydrogens (tertiary/aromatic N) is 3. The van der Waals surface area contributed by atoms with E-state index < -0.39 is 0 Å². The standard InChI is InChI=1S/C17H25ClN4O2.HI/c18-15-3-1-2-14(12-15)16(21-4-8-23-9-5-21)13-20-17(19)22-6-10-24-11-7-22;/h1-3,12,16H,4-11,13H2,(H2,19,20);1H. The SMILES string of the molecule is I.NC(=NCC(c1cccc(Cl)c1)N1CCOCC1)N1CCOCC1. The summed E-state index contributed by atoms with van der Waals surface area (Å²) in [5, 5.41) is 0.746. The van der Waals surface area contributed by atoms with Crippen LogP contribution >= 0.6 is 35.6 Å². The average Bonchev–Trinajstić information content (AvgIpc) is 2.63. The number of ether oxygens (including phenoxy) is 2. The van der Waals surface area contributed by atoms with E-state index in [9.17, 15) is 0 Å². The van der Waals surface area contributed by atoms with Crippen LogP contribution in [0.4, 0.5) is 0 Å². The molecule has 2 heterocycles. The van der Waals surface area contributed by atoms with E-state index >= 15 is 0 Å². The van der Waals surface area contributed by atoms with Crippen LogP contribution < -0.4 is 5.73 Å². The molecular formula is C17H26ClIN4O2. The maximum Gasteiger partial charge on any atom is 0.191 e. The van der Waals surface area contributed by atoms with Crippen molar-refractivity contribution < 1.29 is 9.47 Å². The highest BCUT2D eigenvalue weighted by atomic mass is 127. The van der Waals surface area contributed by atoms with Gasteiger partial charge in [0.2, 0.25) is 0 Å². The molecule has 1 aromatic carbocycles. The Balaban J connectivity index is 0.00000225. The molecule has 0 aromatic heterocycles. The van der Waals surface area contributed by atoms with Crippen LogP contribution in [-0.4, -0.2) is 74.9 Å². The Kier molecular flexibility index (Phi) is 8.71. The molecule has 140 valence electrons. The van der Waals surface area contributed by atoms with Crippen LogP contribution in [0.2, 0.25) is 5.02 Å². The smallest absolute Gasteiger partial charge is 0.191 e. The lowest BCUT2D eigenvalue weighted by Gasteiger charge is -2.34. The zero-order valence-corrected chi connectivity index (χ0v) is 17.4. The van der Waals surface area contributed by atoms with Crippen molar-refractivity contribution in [2.24, 2.45) is 10.7 Å². The van der Waals surface area contributed by atoms with Crippen molar-refractivity contribution in [3.05, 3.63) is 34.9 Å². The molecule has 1 aromatic rings. The van der Waals surface area contributed by atoms with Gasteiger partial charge in [-0.25, -0.2) is 0 Å². The largest absolute Gasteiger partial charge is 0.379 e. The van der Waals surface area contributed by atoms with Crippen molar-refractivity contribution in [1.29, 1.82) is 0 Å². The first-order valence-corrected chi connectivity index (χ1v) is 8.82. The number of benzene rings is 1. The molecule has 1 unspecified atom stereocenters. The molecule has 2 N–H and O–H groups in total. The van der Waals surface area contributed by atoms with E-state index in [4.69, 9.17) is 26.8 Å². The summed E-state index contributed by atoms with van der Waals surface area (Å²) in [4.78, 5) is 9.14. The number of rotatable bonds is 4. The van der Waals surface area contributed by atoms with Gasteiger partial charge in [0.05, 0.1) is 39.0 Å². The Morgan fingerprint density at radius 2 is 1.76 bits per heavy atom. The molecule has 0 spiro atoms. The van der Waals surface area contributed by atoms with Gasteiger partial charge in [-0.1, -0.05) is 23.7 Å². The molecule has 0 aliphatic carbocycles. The Labute approximate surface area is 171 Å². The molecule has 25 heavy (non-hydrogen) atoms. The molecule has 0 bridgehead atoms. The van der Waals surface area contributed by atoms with Crippen molar-refractivity contribution >= 4 is 41.5 Å². The van der Waals surface area contributed by atoms with Crippen molar-refractivity contribution in [2.75, 3.05) is 59.2 Å². The fourth-order valence-corrected chi connectivity index (χ4v) is 3.31. The Hall–Kier alpha value is -0.610. The van der Waals surface area contributed by atoms with Crippen LogP contribution in [0.25, 0.3) is 0 Å². The Morgan fingerprint density at radius 3 is 2.40 bits per heavy atom. The zero-order valence-electron chi connectivity index (χ0n) is 14.3. The van der Waals surface area contributed by atoms with Crippen LogP contribution in [0.5, 0.6) is 0 Å². The minimum Gasteiger partial charge on any atom is -0.379 e. The van der Waals surface area contributed by atoms with E-state index in [2.05, 4.69) is 20.9 Å². The maximum atomic E-state index is 6.19. The van der Waals surface area contributed by atoms with Crippen LogP contribution in [0.3, 0.4) is 0 Å². The third kappa shape index (κ3) is 5.96. The minimum atomic E-state index is 0. The fourth-order valence-electron chi connectivity index (χ4n) is 3.11. The van der Waals surface area contributed by atoms with E-state index in [1.807, 2.05) is 18.2 Å². The van der Waals surface area contributed by atoms with E-state index in [1.165, 1.54) is 5.56 Å². The van der Waals surface area contributed by atoms with E-state index in [0.717, 1.165) is 44.4 Å². The van der Waals surface area contributed by atoms with E-state index in [-0.39, 0.29) is 30.0 Å². The molecular weight excluding hydrogens is 455 g/mol. The Morgan fingerprint density at radius 1 is 1.12 bits per heavy atom. The second kappa shape index (κ2) is 10.5. The topological polar surface area (TPSA) is 63.3 Å². The summed E-state index contributed by atoms with van der Waals surface area (Å²) in [5.41, 5.74) is 7.35. The van der Waals surface area contributed by atoms with Crippen molar-refractivity contribution in [3.8, 4) is 0 Å². The molecule has 2 saturated heterocycles. The number of hydrogen-bond acceptors (Lipinski definition) is 4. The van der Waals surface area contributed by atoms with Gasteiger partial charge in [0, 0.05) is 31.2 Å². The summed E-state index contributed by atoms with van der Waals surface area (Å²) in [7, 11) is 0. The molecule has 6 nitrogen and oxygen atoms in total. The molecule has 2 aliphatic rings. The highest BCUT2D eigenvalue weighted by Crippen LogP contribution is 2.25. The number of halogens is 2. The first-order valence-electron chi connectivity index (χ1n) is 8.44. The lowest BCUT2D eigenvalue weighted by atomic mass is 10.0. The highest BCUT2D eigenvalue weighted by Gasteiger charge is 2.23. The zero-order chi connectivity index (χ0) is 16.8. The molecule has 1 atom stereocenters. The average molecular weight is 481 g/mol. The van der Waals surface area contributed by atoms with Crippen molar-refractivity contribution in [1.82, 2.24) is 9.80 Å². The monoisotopic (exact) mass is 480 g/mol. The van der Waals surface area contributed by atoms with Gasteiger partial charge < -0.3 is 20.1 Å². The van der Waals surface area contributed by atoms with Gasteiger partial charge in [-0.3, -0.25) is 9.89 Å². The fraction of sp³-hybridized carbons (Fsp3) is 0.588. The molecule has 2 aliphatic heterocycles. The lowest BCUT2D eigenvalue weighted by molar-refractivity contribution is 0.0178. The number of nitrogens with two attached hydrogens (primary N) is 1. The van der Waals surface area contributed by atoms with Gasteiger partial charge in [-0.2, -0.15) is 0 Å². The minimum absolute atomic E-state index is 0. The predicted molar refractivity (Wildman–Crippen MR) is 111 cm³/mol. The molecule has 0 radical (unpaired) electrons. The van der Waals surface area contributed by atoms with Crippen LogP contribution in [0.1, 0.15) is 11.6 Å². The van der Waals surface area contributed by atoms with Gasteiger partial charge in [-0.15, -0.1) is 24.0 Å². The second-order valence-corrected chi connectivity index (χ2v) is 6.45. The number of guanidine groups is 1. The molecule has 2 fully saturated rings. The van der Waals surface area contributed by atoms with Crippen LogP contribution in [-0.2, 0) is 9.47 Å². The van der Waals surface area contributed by atoms with Crippen molar-refractivity contribution in [2.45, 2.75) is 6.04 Å². The highest BCUT2D eigenvalue weighted by molar-refractivity contribution is 14.0. The van der Waals surface area contributed by atoms with Gasteiger partial charge in [0.25, 0.3) is 0 Å². The Bertz CT molecular complexity index is 563. The number of morpholine rings is 2. The van der Waals surface area contributed by atoms with Gasteiger partial charge in [0.1, 0.15) is 0 Å². The number of hydrogen-bond donors (Lipinski definition) is 1. The normalized spacial score (nSPS) is 20.8. The third-order valence-corrected chi connectivity index (χ3v) is 4.72. The maximum absolute atomic E-state index is 6.19. The van der Waals surface area contributed by atoms with E-state index in [1.54, 1.807) is 0 Å². The molecule has 3 rings (SSSR count). The summed E-state index contributed by atoms with van der Waals surface area (Å²) in [5.74, 6) is 0.596. The first-order chi connectivity index (χ1) is 11.7.